The Kier molecular flexibility index (Phi) is 5.06. The molecular formula is C17H14F3N5O2. The smallest absolute Gasteiger partial charge is 0.418 e. The van der Waals surface area contributed by atoms with Gasteiger partial charge in [0.1, 0.15) is 5.82 Å². The van der Waals surface area contributed by atoms with Gasteiger partial charge in [-0.15, -0.1) is 0 Å². The van der Waals surface area contributed by atoms with Gasteiger partial charge in [0.25, 0.3) is 5.91 Å². The number of ether oxygens (including phenoxy) is 1. The zero-order chi connectivity index (χ0) is 19.4. The molecule has 0 saturated heterocycles. The van der Waals surface area contributed by atoms with Crippen LogP contribution in [0.25, 0.3) is 5.82 Å². The number of amides is 1. The number of aromatic nitrogens is 4. The summed E-state index contributed by atoms with van der Waals surface area (Å²) in [5.41, 5.74) is -1.27. The average molecular weight is 377 g/mol. The number of alkyl halides is 3. The Morgan fingerprint density at radius 1 is 1.22 bits per heavy atom. The fraction of sp³-hybridized carbons (Fsp3) is 0.176. The molecule has 0 bridgehead atoms. The van der Waals surface area contributed by atoms with Crippen LogP contribution in [0.3, 0.4) is 0 Å². The number of rotatable bonds is 5. The summed E-state index contributed by atoms with van der Waals surface area (Å²) < 4.78 is 45.7. The Balaban J connectivity index is 1.69. The molecule has 2 aromatic heterocycles. The Morgan fingerprint density at radius 2 is 2.00 bits per heavy atom. The van der Waals surface area contributed by atoms with Crippen LogP contribution < -0.4 is 10.1 Å². The molecule has 0 aliphatic carbocycles. The van der Waals surface area contributed by atoms with E-state index in [2.05, 4.69) is 20.4 Å². The maximum Gasteiger partial charge on any atom is 0.418 e. The first-order chi connectivity index (χ1) is 12.8. The van der Waals surface area contributed by atoms with E-state index in [1.54, 1.807) is 25.4 Å². The summed E-state index contributed by atoms with van der Waals surface area (Å²) in [6.07, 6.45) is -1.33. The van der Waals surface area contributed by atoms with Gasteiger partial charge in [-0.1, -0.05) is 12.1 Å². The highest BCUT2D eigenvalue weighted by Crippen LogP contribution is 2.34. The van der Waals surface area contributed by atoms with Crippen LogP contribution in [-0.4, -0.2) is 32.3 Å². The minimum absolute atomic E-state index is 0.104. The Bertz CT molecular complexity index is 942. The lowest BCUT2D eigenvalue weighted by molar-refractivity contribution is -0.137. The number of nitrogens with one attached hydrogen (secondary N) is 1. The highest BCUT2D eigenvalue weighted by atomic mass is 19.4. The average Bonchev–Trinajstić information content (AvgIpc) is 3.14. The molecule has 0 spiro atoms. The minimum Gasteiger partial charge on any atom is -0.467 e. The molecule has 1 N–H and O–H groups in total. The topological polar surface area (TPSA) is 81.9 Å². The highest BCUT2D eigenvalue weighted by molar-refractivity contribution is 5.92. The highest BCUT2D eigenvalue weighted by Gasteiger charge is 2.33. The van der Waals surface area contributed by atoms with E-state index in [9.17, 15) is 18.0 Å². The van der Waals surface area contributed by atoms with Crippen molar-refractivity contribution in [1.29, 1.82) is 0 Å². The van der Waals surface area contributed by atoms with Crippen LogP contribution in [-0.2, 0) is 11.0 Å². The fourth-order valence-corrected chi connectivity index (χ4v) is 2.29. The first kappa shape index (κ1) is 18.4. The van der Waals surface area contributed by atoms with E-state index in [1.807, 2.05) is 0 Å². The van der Waals surface area contributed by atoms with Gasteiger partial charge in [-0.25, -0.2) is 9.67 Å². The predicted octanol–water partition coefficient (Wildman–Crippen LogP) is 3.01. The summed E-state index contributed by atoms with van der Waals surface area (Å²) in [5, 5.41) is 6.24. The number of para-hydroxylation sites is 1. The molecule has 2 heterocycles. The van der Waals surface area contributed by atoms with E-state index in [1.165, 1.54) is 28.9 Å². The van der Waals surface area contributed by atoms with Crippen molar-refractivity contribution in [3.8, 4) is 11.7 Å². The number of carbonyl (C=O) groups is 1. The van der Waals surface area contributed by atoms with Crippen molar-refractivity contribution in [3.05, 3.63) is 60.2 Å². The number of hydrogen-bond acceptors (Lipinski definition) is 5. The first-order valence-corrected chi connectivity index (χ1v) is 7.77. The maximum absolute atomic E-state index is 13.0. The number of halogens is 3. The summed E-state index contributed by atoms with van der Waals surface area (Å²) >= 11 is 0. The number of carbonyl (C=O) groups excluding carboxylic acids is 1. The molecule has 0 aliphatic rings. The lowest BCUT2D eigenvalue weighted by Gasteiger charge is -2.13. The fourth-order valence-electron chi connectivity index (χ4n) is 2.29. The summed E-state index contributed by atoms with van der Waals surface area (Å²) in [6, 6.07) is 7.89. The van der Waals surface area contributed by atoms with E-state index in [-0.39, 0.29) is 11.6 Å². The van der Waals surface area contributed by atoms with Crippen molar-refractivity contribution in [2.75, 3.05) is 11.9 Å². The summed E-state index contributed by atoms with van der Waals surface area (Å²) in [6.45, 7) is 1.13. The maximum atomic E-state index is 13.0. The zero-order valence-corrected chi connectivity index (χ0v) is 14.1. The largest absolute Gasteiger partial charge is 0.467 e. The normalized spacial score (nSPS) is 11.3. The molecule has 3 aromatic rings. The Morgan fingerprint density at radius 3 is 2.70 bits per heavy atom. The van der Waals surface area contributed by atoms with Gasteiger partial charge in [0.15, 0.2) is 12.4 Å². The van der Waals surface area contributed by atoms with Crippen LogP contribution in [0, 0.1) is 6.92 Å². The SMILES string of the molecule is Cc1nc(OCC(=O)Nc2ccccc2C(F)(F)F)cc(-n2cccn2)n1. The van der Waals surface area contributed by atoms with E-state index in [4.69, 9.17) is 4.74 Å². The molecule has 0 unspecified atom stereocenters. The van der Waals surface area contributed by atoms with Gasteiger partial charge in [0.05, 0.1) is 11.3 Å². The Hall–Kier alpha value is -3.43. The second-order valence-corrected chi connectivity index (χ2v) is 5.44. The third-order valence-electron chi connectivity index (χ3n) is 3.40. The molecule has 0 radical (unpaired) electrons. The second kappa shape index (κ2) is 7.44. The lowest BCUT2D eigenvalue weighted by Crippen LogP contribution is -2.22. The van der Waals surface area contributed by atoms with Gasteiger partial charge in [0.2, 0.25) is 5.88 Å². The van der Waals surface area contributed by atoms with Crippen LogP contribution >= 0.6 is 0 Å². The standard InChI is InChI=1S/C17H14F3N5O2/c1-11-22-14(25-8-4-7-21-25)9-16(23-11)27-10-15(26)24-13-6-3-2-5-12(13)17(18,19)20/h2-9H,10H2,1H3,(H,24,26). The van der Waals surface area contributed by atoms with Crippen LogP contribution in [0.1, 0.15) is 11.4 Å². The van der Waals surface area contributed by atoms with E-state index in [0.717, 1.165) is 6.07 Å². The zero-order valence-electron chi connectivity index (χ0n) is 14.1. The lowest BCUT2D eigenvalue weighted by atomic mass is 10.1. The van der Waals surface area contributed by atoms with Crippen molar-refractivity contribution < 1.29 is 22.7 Å². The Labute approximate surface area is 151 Å². The molecule has 7 nitrogen and oxygen atoms in total. The summed E-state index contributed by atoms with van der Waals surface area (Å²) in [4.78, 5) is 20.2. The first-order valence-electron chi connectivity index (χ1n) is 7.77. The van der Waals surface area contributed by atoms with Crippen molar-refractivity contribution in [1.82, 2.24) is 19.7 Å². The van der Waals surface area contributed by atoms with Gasteiger partial charge in [0, 0.05) is 18.5 Å². The van der Waals surface area contributed by atoms with Gasteiger partial charge < -0.3 is 10.1 Å². The number of anilines is 1. The van der Waals surface area contributed by atoms with Crippen LogP contribution in [0.4, 0.5) is 18.9 Å². The monoisotopic (exact) mass is 377 g/mol. The van der Waals surface area contributed by atoms with E-state index in [0.29, 0.717) is 11.6 Å². The predicted molar refractivity (Wildman–Crippen MR) is 89.5 cm³/mol. The number of hydrogen-bond donors (Lipinski definition) is 1. The second-order valence-electron chi connectivity index (χ2n) is 5.44. The van der Waals surface area contributed by atoms with Crippen LogP contribution in [0.2, 0.25) is 0 Å². The molecule has 1 amide bonds. The summed E-state index contributed by atoms with van der Waals surface area (Å²) in [5.74, 6) is 0.182. The van der Waals surface area contributed by atoms with Crippen molar-refractivity contribution in [2.24, 2.45) is 0 Å². The molecule has 0 saturated carbocycles. The molecule has 0 aliphatic heterocycles. The van der Waals surface area contributed by atoms with Gasteiger partial charge in [-0.3, -0.25) is 4.79 Å². The molecule has 27 heavy (non-hydrogen) atoms. The van der Waals surface area contributed by atoms with E-state index >= 15 is 0 Å². The molecule has 1 aromatic carbocycles. The third-order valence-corrected chi connectivity index (χ3v) is 3.40. The van der Waals surface area contributed by atoms with Crippen LogP contribution in [0.15, 0.2) is 48.8 Å². The number of benzene rings is 1. The van der Waals surface area contributed by atoms with Gasteiger partial charge in [-0.05, 0) is 25.1 Å². The minimum atomic E-state index is -4.58. The molecule has 0 fully saturated rings. The van der Waals surface area contributed by atoms with Crippen molar-refractivity contribution in [2.45, 2.75) is 13.1 Å². The number of nitrogens with zero attached hydrogens (tertiary/aromatic N) is 4. The molecule has 10 heteroatoms. The van der Waals surface area contributed by atoms with Crippen molar-refractivity contribution >= 4 is 11.6 Å². The molecule has 3 rings (SSSR count). The van der Waals surface area contributed by atoms with Gasteiger partial charge >= 0.3 is 6.18 Å². The third kappa shape index (κ3) is 4.60. The van der Waals surface area contributed by atoms with Crippen LogP contribution in [0.5, 0.6) is 5.88 Å². The summed E-state index contributed by atoms with van der Waals surface area (Å²) in [7, 11) is 0. The molecular weight excluding hydrogens is 363 g/mol. The molecule has 140 valence electrons. The number of aryl methyl sites for hydroxylation is 1. The van der Waals surface area contributed by atoms with Crippen molar-refractivity contribution in [3.63, 3.8) is 0 Å². The van der Waals surface area contributed by atoms with E-state index < -0.39 is 24.3 Å². The quantitative estimate of drug-likeness (QED) is 0.739. The van der Waals surface area contributed by atoms with Gasteiger partial charge in [-0.2, -0.15) is 23.3 Å². The molecule has 0 atom stereocenters.